The molecule has 0 spiro atoms. The molecule has 0 aliphatic heterocycles. The van der Waals surface area contributed by atoms with E-state index in [0.717, 1.165) is 18.7 Å². The molecule has 0 radical (unpaired) electrons. The molecule has 0 saturated heterocycles. The van der Waals surface area contributed by atoms with Crippen LogP contribution in [0.2, 0.25) is 0 Å². The first-order valence-corrected chi connectivity index (χ1v) is 5.41. The van der Waals surface area contributed by atoms with Crippen LogP contribution in [0.25, 0.3) is 11.0 Å². The molecule has 2 heteroatoms. The molecule has 2 nitrogen and oxygen atoms in total. The zero-order chi connectivity index (χ0) is 10.8. The van der Waals surface area contributed by atoms with Crippen LogP contribution in [0.5, 0.6) is 0 Å². The third-order valence-corrected chi connectivity index (χ3v) is 2.77. The van der Waals surface area contributed by atoms with Gasteiger partial charge in [-0.15, -0.1) is 0 Å². The fourth-order valence-electron chi connectivity index (χ4n) is 1.91. The summed E-state index contributed by atoms with van der Waals surface area (Å²) in [6.45, 7) is 8.20. The molecule has 0 aliphatic carbocycles. The van der Waals surface area contributed by atoms with Gasteiger partial charge in [-0.1, -0.05) is 19.1 Å². The summed E-state index contributed by atoms with van der Waals surface area (Å²) in [4.78, 5) is 0. The van der Waals surface area contributed by atoms with Crippen molar-refractivity contribution in [3.05, 3.63) is 35.1 Å². The average molecular weight is 203 g/mol. The molecule has 0 saturated carbocycles. The smallest absolute Gasteiger partial charge is 0.137 e. The molecular weight excluding hydrogens is 186 g/mol. The molecule has 0 fully saturated rings. The molecular formula is C13H17NO. The third-order valence-electron chi connectivity index (χ3n) is 2.77. The van der Waals surface area contributed by atoms with Crippen molar-refractivity contribution >= 4 is 11.0 Å². The van der Waals surface area contributed by atoms with E-state index in [-0.39, 0.29) is 0 Å². The van der Waals surface area contributed by atoms with Crippen molar-refractivity contribution in [2.45, 2.75) is 27.3 Å². The first-order valence-electron chi connectivity index (χ1n) is 5.41. The average Bonchev–Trinajstić information content (AvgIpc) is 2.65. The monoisotopic (exact) mass is 203 g/mol. The molecule has 2 rings (SSSR count). The molecule has 1 N–H and O–H groups in total. The summed E-state index contributed by atoms with van der Waals surface area (Å²) < 4.78 is 5.62. The van der Waals surface area contributed by atoms with Gasteiger partial charge in [0, 0.05) is 17.5 Å². The summed E-state index contributed by atoms with van der Waals surface area (Å²) in [6.07, 6.45) is 1.87. The lowest BCUT2D eigenvalue weighted by molar-refractivity contribution is 0.602. The maximum absolute atomic E-state index is 5.62. The number of furan rings is 1. The van der Waals surface area contributed by atoms with Gasteiger partial charge in [-0.2, -0.15) is 0 Å². The predicted molar refractivity (Wildman–Crippen MR) is 63.1 cm³/mol. The highest BCUT2D eigenvalue weighted by atomic mass is 16.3. The minimum atomic E-state index is 0.883. The van der Waals surface area contributed by atoms with Gasteiger partial charge in [0.2, 0.25) is 0 Å². The maximum Gasteiger partial charge on any atom is 0.137 e. The van der Waals surface area contributed by atoms with E-state index in [9.17, 15) is 0 Å². The Bertz CT molecular complexity index is 471. The standard InChI is InChI=1S/C13H17NO/c1-4-14-7-11-8-15-13-10(3)6-5-9(2)12(11)13/h5-6,8,14H,4,7H2,1-3H3. The van der Waals surface area contributed by atoms with Crippen LogP contribution in [0.4, 0.5) is 0 Å². The van der Waals surface area contributed by atoms with Crippen LogP contribution in [0.3, 0.4) is 0 Å². The van der Waals surface area contributed by atoms with Crippen LogP contribution in [0.1, 0.15) is 23.6 Å². The Labute approximate surface area is 90.3 Å². The number of nitrogens with one attached hydrogen (secondary N) is 1. The lowest BCUT2D eigenvalue weighted by Crippen LogP contribution is -2.11. The van der Waals surface area contributed by atoms with E-state index < -0.39 is 0 Å². The van der Waals surface area contributed by atoms with E-state index in [2.05, 4.69) is 38.2 Å². The van der Waals surface area contributed by atoms with Crippen LogP contribution >= 0.6 is 0 Å². The summed E-state index contributed by atoms with van der Waals surface area (Å²) in [6, 6.07) is 4.26. The second kappa shape index (κ2) is 4.07. The van der Waals surface area contributed by atoms with Crippen LogP contribution in [0, 0.1) is 13.8 Å². The van der Waals surface area contributed by atoms with E-state index in [4.69, 9.17) is 4.42 Å². The van der Waals surface area contributed by atoms with Crippen molar-refractivity contribution in [2.75, 3.05) is 6.54 Å². The number of hydrogen-bond acceptors (Lipinski definition) is 2. The summed E-state index contributed by atoms with van der Waals surface area (Å²) in [5, 5.41) is 4.60. The Hall–Kier alpha value is -1.28. The largest absolute Gasteiger partial charge is 0.464 e. The van der Waals surface area contributed by atoms with Gasteiger partial charge in [-0.3, -0.25) is 0 Å². The number of rotatable bonds is 3. The van der Waals surface area contributed by atoms with Crippen molar-refractivity contribution in [3.8, 4) is 0 Å². The minimum absolute atomic E-state index is 0.883. The Morgan fingerprint density at radius 1 is 1.20 bits per heavy atom. The van der Waals surface area contributed by atoms with Crippen molar-refractivity contribution < 1.29 is 4.42 Å². The van der Waals surface area contributed by atoms with E-state index in [1.54, 1.807) is 0 Å². The van der Waals surface area contributed by atoms with E-state index in [1.807, 2.05) is 6.26 Å². The summed E-state index contributed by atoms with van der Waals surface area (Å²) in [7, 11) is 0. The summed E-state index contributed by atoms with van der Waals surface area (Å²) in [5.74, 6) is 0. The van der Waals surface area contributed by atoms with Crippen molar-refractivity contribution in [1.29, 1.82) is 0 Å². The topological polar surface area (TPSA) is 25.2 Å². The number of fused-ring (bicyclic) bond motifs is 1. The molecule has 1 aromatic carbocycles. The van der Waals surface area contributed by atoms with Gasteiger partial charge in [0.25, 0.3) is 0 Å². The fourth-order valence-corrected chi connectivity index (χ4v) is 1.91. The van der Waals surface area contributed by atoms with Crippen molar-refractivity contribution in [2.24, 2.45) is 0 Å². The first kappa shape index (κ1) is 10.2. The van der Waals surface area contributed by atoms with Crippen molar-refractivity contribution in [1.82, 2.24) is 5.32 Å². The van der Waals surface area contributed by atoms with Gasteiger partial charge in [0.15, 0.2) is 0 Å². The molecule has 80 valence electrons. The quantitative estimate of drug-likeness (QED) is 0.829. The van der Waals surface area contributed by atoms with Gasteiger partial charge < -0.3 is 9.73 Å². The minimum Gasteiger partial charge on any atom is -0.464 e. The number of benzene rings is 1. The van der Waals surface area contributed by atoms with E-state index >= 15 is 0 Å². The molecule has 0 atom stereocenters. The molecule has 2 aromatic rings. The van der Waals surface area contributed by atoms with Gasteiger partial charge >= 0.3 is 0 Å². The van der Waals surface area contributed by atoms with Gasteiger partial charge in [-0.25, -0.2) is 0 Å². The molecule has 0 aliphatic rings. The summed E-state index contributed by atoms with van der Waals surface area (Å²) in [5.41, 5.74) is 4.78. The van der Waals surface area contributed by atoms with Crippen molar-refractivity contribution in [3.63, 3.8) is 0 Å². The maximum atomic E-state index is 5.62. The molecule has 0 amide bonds. The fraction of sp³-hybridized carbons (Fsp3) is 0.385. The zero-order valence-corrected chi connectivity index (χ0v) is 9.55. The highest BCUT2D eigenvalue weighted by molar-refractivity contribution is 5.86. The van der Waals surface area contributed by atoms with Gasteiger partial charge in [0.1, 0.15) is 5.58 Å². The van der Waals surface area contributed by atoms with Crippen LogP contribution in [0.15, 0.2) is 22.8 Å². The second-order valence-electron chi connectivity index (χ2n) is 3.94. The number of hydrogen-bond donors (Lipinski definition) is 1. The Morgan fingerprint density at radius 2 is 1.93 bits per heavy atom. The van der Waals surface area contributed by atoms with Gasteiger partial charge in [-0.05, 0) is 31.5 Å². The Morgan fingerprint density at radius 3 is 2.67 bits per heavy atom. The zero-order valence-electron chi connectivity index (χ0n) is 9.55. The molecule has 1 heterocycles. The highest BCUT2D eigenvalue weighted by Gasteiger charge is 2.09. The van der Waals surface area contributed by atoms with Crippen LogP contribution in [-0.4, -0.2) is 6.54 Å². The normalized spacial score (nSPS) is 11.1. The third kappa shape index (κ3) is 1.77. The van der Waals surface area contributed by atoms with E-state index in [0.29, 0.717) is 0 Å². The molecule has 0 unspecified atom stereocenters. The van der Waals surface area contributed by atoms with E-state index in [1.165, 1.54) is 22.1 Å². The number of aryl methyl sites for hydroxylation is 2. The first-order chi connectivity index (χ1) is 7.24. The lowest BCUT2D eigenvalue weighted by Gasteiger charge is -2.02. The van der Waals surface area contributed by atoms with Crippen LogP contribution < -0.4 is 5.32 Å². The SMILES string of the molecule is CCNCc1coc2c(C)ccc(C)c12. The van der Waals surface area contributed by atoms with Gasteiger partial charge in [0.05, 0.1) is 6.26 Å². The second-order valence-corrected chi connectivity index (χ2v) is 3.94. The summed E-state index contributed by atoms with van der Waals surface area (Å²) >= 11 is 0. The lowest BCUT2D eigenvalue weighted by atomic mass is 10.0. The predicted octanol–water partition coefficient (Wildman–Crippen LogP) is 3.16. The van der Waals surface area contributed by atoms with Crippen LogP contribution in [-0.2, 0) is 6.54 Å². The molecule has 1 aromatic heterocycles. The Kier molecular flexibility index (Phi) is 2.78. The molecule has 0 bridgehead atoms. The highest BCUT2D eigenvalue weighted by Crippen LogP contribution is 2.27. The molecule has 15 heavy (non-hydrogen) atoms. The Balaban J connectivity index is 2.53.